The number of benzene rings is 4. The van der Waals surface area contributed by atoms with Crippen molar-refractivity contribution in [3.05, 3.63) is 103 Å². The predicted octanol–water partition coefficient (Wildman–Crippen LogP) is 6.82. The summed E-state index contributed by atoms with van der Waals surface area (Å²) < 4.78 is 30.4. The van der Waals surface area contributed by atoms with E-state index in [1.165, 1.54) is 0 Å². The summed E-state index contributed by atoms with van der Waals surface area (Å²) in [5.41, 5.74) is 5.41. The summed E-state index contributed by atoms with van der Waals surface area (Å²) >= 11 is 0. The number of imidazole rings is 1. The lowest BCUT2D eigenvalue weighted by Gasteiger charge is -2.16. The molecule has 7 heteroatoms. The maximum Gasteiger partial charge on any atom is 0.162 e. The van der Waals surface area contributed by atoms with Gasteiger partial charge in [0.2, 0.25) is 0 Å². The Morgan fingerprint density at radius 1 is 0.615 bits per heavy atom. The first-order valence-corrected chi connectivity index (χ1v) is 12.4. The molecule has 0 saturated heterocycles. The van der Waals surface area contributed by atoms with Gasteiger partial charge < -0.3 is 23.7 Å². The third kappa shape index (κ3) is 5.52. The van der Waals surface area contributed by atoms with E-state index in [2.05, 4.69) is 0 Å². The van der Waals surface area contributed by atoms with Gasteiger partial charge in [-0.2, -0.15) is 0 Å². The second-order valence-corrected chi connectivity index (χ2v) is 8.75. The van der Waals surface area contributed by atoms with Crippen LogP contribution in [0.25, 0.3) is 28.2 Å². The van der Waals surface area contributed by atoms with Crippen LogP contribution in [0.2, 0.25) is 0 Å². The molecule has 0 atom stereocenters. The van der Waals surface area contributed by atoms with Crippen LogP contribution in [0, 0.1) is 0 Å². The first-order chi connectivity index (χ1) is 19.1. The van der Waals surface area contributed by atoms with Crippen molar-refractivity contribution in [2.24, 2.45) is 0 Å². The van der Waals surface area contributed by atoms with Gasteiger partial charge in [-0.1, -0.05) is 30.3 Å². The smallest absolute Gasteiger partial charge is 0.162 e. The Balaban J connectivity index is 1.65. The van der Waals surface area contributed by atoms with Crippen LogP contribution in [0.1, 0.15) is 5.56 Å². The molecule has 0 radical (unpaired) electrons. The van der Waals surface area contributed by atoms with Crippen molar-refractivity contribution in [3.63, 3.8) is 0 Å². The molecule has 1 aromatic heterocycles. The van der Waals surface area contributed by atoms with E-state index < -0.39 is 0 Å². The fraction of sp³-hybridized carbons (Fsp3) is 0.156. The lowest BCUT2D eigenvalue weighted by atomic mass is 10.0. The highest BCUT2D eigenvalue weighted by molar-refractivity contribution is 5.82. The van der Waals surface area contributed by atoms with Crippen LogP contribution in [0.3, 0.4) is 0 Å². The fourth-order valence-corrected chi connectivity index (χ4v) is 4.39. The molecule has 198 valence electrons. The molecule has 0 saturated carbocycles. The molecule has 1 heterocycles. The number of methoxy groups -OCH3 is 4. The summed E-state index contributed by atoms with van der Waals surface area (Å²) in [4.78, 5) is 4.85. The van der Waals surface area contributed by atoms with E-state index in [0.29, 0.717) is 29.6 Å². The summed E-state index contributed by atoms with van der Waals surface area (Å²) in [5, 5.41) is 0. The zero-order valence-electron chi connectivity index (χ0n) is 22.4. The van der Waals surface area contributed by atoms with E-state index in [9.17, 15) is 0 Å². The van der Waals surface area contributed by atoms with Gasteiger partial charge in [-0.3, -0.25) is 4.57 Å². The fourth-order valence-electron chi connectivity index (χ4n) is 4.39. The second kappa shape index (κ2) is 11.6. The largest absolute Gasteiger partial charge is 0.497 e. The van der Waals surface area contributed by atoms with Crippen LogP contribution in [0.4, 0.5) is 0 Å². The number of hydrogen-bond donors (Lipinski definition) is 0. The van der Waals surface area contributed by atoms with E-state index >= 15 is 0 Å². The first kappa shape index (κ1) is 25.7. The topological polar surface area (TPSA) is 64.0 Å². The molecule has 0 N–H and O–H groups in total. The zero-order chi connectivity index (χ0) is 27.2. The Hall–Kier alpha value is -4.91. The number of ether oxygens (including phenoxy) is 5. The Labute approximate surface area is 228 Å². The van der Waals surface area contributed by atoms with Crippen molar-refractivity contribution in [3.8, 4) is 56.9 Å². The second-order valence-electron chi connectivity index (χ2n) is 8.75. The molecule has 0 unspecified atom stereocenters. The van der Waals surface area contributed by atoms with Gasteiger partial charge in [0.05, 0.1) is 39.8 Å². The molecular weight excluding hydrogens is 492 g/mol. The molecule has 0 amide bonds. The molecule has 7 nitrogen and oxygen atoms in total. The maximum atomic E-state index is 6.24. The zero-order valence-corrected chi connectivity index (χ0v) is 22.4. The highest BCUT2D eigenvalue weighted by atomic mass is 16.5. The normalized spacial score (nSPS) is 10.7. The van der Waals surface area contributed by atoms with Crippen LogP contribution in [-0.2, 0) is 6.61 Å². The van der Waals surface area contributed by atoms with E-state index in [0.717, 1.165) is 39.5 Å². The highest BCUT2D eigenvalue weighted by Crippen LogP contribution is 2.40. The summed E-state index contributed by atoms with van der Waals surface area (Å²) in [6.07, 6.45) is 1.81. The van der Waals surface area contributed by atoms with Crippen molar-refractivity contribution in [1.29, 1.82) is 0 Å². The molecule has 0 aliphatic carbocycles. The molecule has 0 aliphatic rings. The summed E-state index contributed by atoms with van der Waals surface area (Å²) in [5.74, 6) is 3.41. The van der Waals surface area contributed by atoms with Gasteiger partial charge in [0, 0.05) is 22.9 Å². The highest BCUT2D eigenvalue weighted by Gasteiger charge is 2.20. The molecule has 39 heavy (non-hydrogen) atoms. The lowest BCUT2D eigenvalue weighted by Crippen LogP contribution is -2.00. The summed E-state index contributed by atoms with van der Waals surface area (Å²) in [7, 11) is 6.56. The van der Waals surface area contributed by atoms with Gasteiger partial charge in [0.1, 0.15) is 30.2 Å². The third-order valence-corrected chi connectivity index (χ3v) is 6.42. The van der Waals surface area contributed by atoms with Gasteiger partial charge in [-0.05, 0) is 60.2 Å². The Morgan fingerprint density at radius 2 is 1.31 bits per heavy atom. The molecule has 0 fully saturated rings. The van der Waals surface area contributed by atoms with Crippen LogP contribution >= 0.6 is 0 Å². The van der Waals surface area contributed by atoms with Gasteiger partial charge >= 0.3 is 0 Å². The SMILES string of the molecule is COc1ccc(-n2cnc(-c3cc(OC)cc(OC)c3)c2-c2ccc(OC)c(OCc3ccccc3)c2)cc1. The van der Waals surface area contributed by atoms with Crippen LogP contribution < -0.4 is 23.7 Å². The molecule has 5 aromatic rings. The van der Waals surface area contributed by atoms with E-state index in [4.69, 9.17) is 28.7 Å². The molecular formula is C32H30N2O5. The number of aromatic nitrogens is 2. The van der Waals surface area contributed by atoms with Crippen molar-refractivity contribution < 1.29 is 23.7 Å². The van der Waals surface area contributed by atoms with Crippen molar-refractivity contribution >= 4 is 0 Å². The molecule has 4 aromatic carbocycles. The number of hydrogen-bond acceptors (Lipinski definition) is 6. The van der Waals surface area contributed by atoms with Crippen molar-refractivity contribution in [2.75, 3.05) is 28.4 Å². The van der Waals surface area contributed by atoms with Crippen LogP contribution in [-0.4, -0.2) is 38.0 Å². The summed E-state index contributed by atoms with van der Waals surface area (Å²) in [6, 6.07) is 29.5. The first-order valence-electron chi connectivity index (χ1n) is 12.4. The van der Waals surface area contributed by atoms with Gasteiger partial charge in [-0.15, -0.1) is 0 Å². The molecule has 0 spiro atoms. The third-order valence-electron chi connectivity index (χ3n) is 6.42. The van der Waals surface area contributed by atoms with Gasteiger partial charge in [-0.25, -0.2) is 4.98 Å². The average molecular weight is 523 g/mol. The number of rotatable bonds is 10. The van der Waals surface area contributed by atoms with E-state index in [1.807, 2.05) is 102 Å². The Kier molecular flexibility index (Phi) is 7.68. The van der Waals surface area contributed by atoms with Gasteiger partial charge in [0.15, 0.2) is 11.5 Å². The summed E-state index contributed by atoms with van der Waals surface area (Å²) in [6.45, 7) is 0.415. The van der Waals surface area contributed by atoms with Crippen molar-refractivity contribution in [2.45, 2.75) is 6.61 Å². The monoisotopic (exact) mass is 522 g/mol. The average Bonchev–Trinajstić information content (AvgIpc) is 3.45. The number of nitrogens with zero attached hydrogens (tertiary/aromatic N) is 2. The lowest BCUT2D eigenvalue weighted by molar-refractivity contribution is 0.284. The van der Waals surface area contributed by atoms with E-state index in [-0.39, 0.29) is 0 Å². The predicted molar refractivity (Wildman–Crippen MR) is 151 cm³/mol. The standard InChI is InChI=1S/C32H30N2O5/c1-35-26-13-11-25(12-14-26)34-21-33-31(24-16-27(36-2)19-28(17-24)37-3)32(34)23-10-15-29(38-4)30(18-23)39-20-22-8-6-5-7-9-22/h5-19,21H,20H2,1-4H3. The maximum absolute atomic E-state index is 6.24. The van der Waals surface area contributed by atoms with Crippen LogP contribution in [0.5, 0.6) is 28.7 Å². The van der Waals surface area contributed by atoms with E-state index in [1.54, 1.807) is 28.4 Å². The minimum atomic E-state index is 0.415. The van der Waals surface area contributed by atoms with Gasteiger partial charge in [0.25, 0.3) is 0 Å². The molecule has 0 bridgehead atoms. The molecule has 0 aliphatic heterocycles. The molecule has 5 rings (SSSR count). The Morgan fingerprint density at radius 3 is 1.95 bits per heavy atom. The quantitative estimate of drug-likeness (QED) is 0.201. The van der Waals surface area contributed by atoms with Crippen molar-refractivity contribution in [1.82, 2.24) is 9.55 Å². The minimum Gasteiger partial charge on any atom is -0.497 e. The Bertz CT molecular complexity index is 1520. The minimum absolute atomic E-state index is 0.415. The van der Waals surface area contributed by atoms with Crippen LogP contribution in [0.15, 0.2) is 97.3 Å².